The van der Waals surface area contributed by atoms with Gasteiger partial charge in [-0.3, -0.25) is 9.78 Å². The summed E-state index contributed by atoms with van der Waals surface area (Å²) >= 11 is 0. The maximum absolute atomic E-state index is 12.4. The first-order valence-electron chi connectivity index (χ1n) is 9.08. The summed E-state index contributed by atoms with van der Waals surface area (Å²) < 4.78 is 0. The molecule has 0 spiro atoms. The smallest absolute Gasteiger partial charge is 0.221 e. The highest BCUT2D eigenvalue weighted by atomic mass is 16.1. The van der Waals surface area contributed by atoms with Crippen molar-refractivity contribution in [3.05, 3.63) is 30.1 Å². The van der Waals surface area contributed by atoms with Crippen LogP contribution in [-0.4, -0.2) is 35.4 Å². The van der Waals surface area contributed by atoms with Gasteiger partial charge in [-0.1, -0.05) is 39.2 Å². The molecule has 4 nitrogen and oxygen atoms in total. The van der Waals surface area contributed by atoms with Gasteiger partial charge >= 0.3 is 0 Å². The van der Waals surface area contributed by atoms with E-state index in [-0.39, 0.29) is 11.9 Å². The standard InChI is InChI=1S/C19H31N3O/c1-16(2)19(17-9-8-11-20-15-17)21-18(23)10-14-22-12-6-4-3-5-7-13-22/h8-9,11,15-16,19H,3-7,10,12-14H2,1-2H3,(H,21,23)/t19-/m0/s1. The van der Waals surface area contributed by atoms with Crippen molar-refractivity contribution in [1.82, 2.24) is 15.2 Å². The van der Waals surface area contributed by atoms with E-state index >= 15 is 0 Å². The number of carbonyl (C=O) groups is 1. The maximum atomic E-state index is 12.4. The van der Waals surface area contributed by atoms with Crippen LogP contribution in [0.2, 0.25) is 0 Å². The Morgan fingerprint density at radius 3 is 2.52 bits per heavy atom. The monoisotopic (exact) mass is 317 g/mol. The third-order valence-corrected chi connectivity index (χ3v) is 4.63. The fourth-order valence-corrected chi connectivity index (χ4v) is 3.24. The molecule has 1 aromatic rings. The average Bonchev–Trinajstić information content (AvgIpc) is 2.52. The highest BCUT2D eigenvalue weighted by molar-refractivity contribution is 5.76. The van der Waals surface area contributed by atoms with Crippen molar-refractivity contribution in [3.63, 3.8) is 0 Å². The summed E-state index contributed by atoms with van der Waals surface area (Å²) in [5.41, 5.74) is 1.09. The van der Waals surface area contributed by atoms with E-state index in [2.05, 4.69) is 29.0 Å². The number of amides is 1. The second-order valence-corrected chi connectivity index (χ2v) is 6.93. The lowest BCUT2D eigenvalue weighted by molar-refractivity contribution is -0.122. The van der Waals surface area contributed by atoms with E-state index in [4.69, 9.17) is 0 Å². The number of nitrogens with zero attached hydrogens (tertiary/aromatic N) is 2. The van der Waals surface area contributed by atoms with Crippen LogP contribution in [0.4, 0.5) is 0 Å². The molecule has 1 amide bonds. The van der Waals surface area contributed by atoms with Gasteiger partial charge in [0, 0.05) is 25.4 Å². The molecule has 128 valence electrons. The lowest BCUT2D eigenvalue weighted by atomic mass is 9.97. The second-order valence-electron chi connectivity index (χ2n) is 6.93. The molecule has 1 atom stereocenters. The fraction of sp³-hybridized carbons (Fsp3) is 0.684. The molecule has 1 aliphatic heterocycles. The summed E-state index contributed by atoms with van der Waals surface area (Å²) in [4.78, 5) is 19.0. The third kappa shape index (κ3) is 6.30. The number of nitrogens with one attached hydrogen (secondary N) is 1. The fourth-order valence-electron chi connectivity index (χ4n) is 3.24. The average molecular weight is 317 g/mol. The molecule has 0 aliphatic carbocycles. The van der Waals surface area contributed by atoms with Crippen molar-refractivity contribution in [1.29, 1.82) is 0 Å². The number of rotatable bonds is 6. The SMILES string of the molecule is CC(C)[C@H](NC(=O)CCN1CCCCCCC1)c1cccnc1. The molecule has 0 bridgehead atoms. The lowest BCUT2D eigenvalue weighted by Gasteiger charge is -2.26. The topological polar surface area (TPSA) is 45.2 Å². The Balaban J connectivity index is 1.82. The third-order valence-electron chi connectivity index (χ3n) is 4.63. The predicted octanol–water partition coefficient (Wildman–Crippen LogP) is 3.55. The molecule has 0 unspecified atom stereocenters. The van der Waals surface area contributed by atoms with Crippen LogP contribution in [-0.2, 0) is 4.79 Å². The number of pyridine rings is 1. The van der Waals surface area contributed by atoms with Crippen LogP contribution >= 0.6 is 0 Å². The Morgan fingerprint density at radius 1 is 1.22 bits per heavy atom. The largest absolute Gasteiger partial charge is 0.349 e. The minimum Gasteiger partial charge on any atom is -0.349 e. The molecule has 4 heteroatoms. The molecule has 0 radical (unpaired) electrons. The highest BCUT2D eigenvalue weighted by Gasteiger charge is 2.19. The van der Waals surface area contributed by atoms with Crippen molar-refractivity contribution >= 4 is 5.91 Å². The van der Waals surface area contributed by atoms with Crippen molar-refractivity contribution in [2.75, 3.05) is 19.6 Å². The highest BCUT2D eigenvalue weighted by Crippen LogP contribution is 2.20. The van der Waals surface area contributed by atoms with Crippen LogP contribution in [0.25, 0.3) is 0 Å². The van der Waals surface area contributed by atoms with Gasteiger partial charge in [0.2, 0.25) is 5.91 Å². The summed E-state index contributed by atoms with van der Waals surface area (Å²) in [6.07, 6.45) is 10.8. The first kappa shape index (κ1) is 17.9. The molecular formula is C19H31N3O. The molecule has 2 heterocycles. The van der Waals surface area contributed by atoms with E-state index < -0.39 is 0 Å². The first-order valence-corrected chi connectivity index (χ1v) is 9.08. The zero-order valence-corrected chi connectivity index (χ0v) is 14.6. The minimum absolute atomic E-state index is 0.0449. The molecular weight excluding hydrogens is 286 g/mol. The Hall–Kier alpha value is -1.42. The lowest BCUT2D eigenvalue weighted by Crippen LogP contribution is -2.35. The quantitative estimate of drug-likeness (QED) is 0.872. The summed E-state index contributed by atoms with van der Waals surface area (Å²) in [7, 11) is 0. The van der Waals surface area contributed by atoms with Gasteiger partial charge in [0.25, 0.3) is 0 Å². The zero-order chi connectivity index (χ0) is 16.5. The normalized spacial score (nSPS) is 18.2. The van der Waals surface area contributed by atoms with Crippen molar-refractivity contribution in [2.24, 2.45) is 5.92 Å². The van der Waals surface area contributed by atoms with E-state index in [1.807, 2.05) is 18.3 Å². The van der Waals surface area contributed by atoms with Gasteiger partial charge in [-0.05, 0) is 43.5 Å². The number of hydrogen-bond donors (Lipinski definition) is 1. The van der Waals surface area contributed by atoms with Crippen LogP contribution in [0.15, 0.2) is 24.5 Å². The Kier molecular flexibility index (Phi) is 7.53. The second kappa shape index (κ2) is 9.66. The molecule has 2 rings (SSSR count). The van der Waals surface area contributed by atoms with Crippen molar-refractivity contribution in [3.8, 4) is 0 Å². The number of likely N-dealkylation sites (tertiary alicyclic amines) is 1. The van der Waals surface area contributed by atoms with Crippen LogP contribution in [0.3, 0.4) is 0 Å². The van der Waals surface area contributed by atoms with Crippen LogP contribution in [0.1, 0.15) is 64.0 Å². The van der Waals surface area contributed by atoms with Gasteiger partial charge in [0.1, 0.15) is 0 Å². The Morgan fingerprint density at radius 2 is 1.91 bits per heavy atom. The Labute approximate surface area is 140 Å². The van der Waals surface area contributed by atoms with E-state index in [9.17, 15) is 4.79 Å². The number of hydrogen-bond acceptors (Lipinski definition) is 3. The predicted molar refractivity (Wildman–Crippen MR) is 94.1 cm³/mol. The van der Waals surface area contributed by atoms with Gasteiger partial charge in [0.15, 0.2) is 0 Å². The van der Waals surface area contributed by atoms with Gasteiger partial charge in [0.05, 0.1) is 6.04 Å². The van der Waals surface area contributed by atoms with Crippen molar-refractivity contribution < 1.29 is 4.79 Å². The summed E-state index contributed by atoms with van der Waals surface area (Å²) in [6.45, 7) is 7.43. The van der Waals surface area contributed by atoms with E-state index in [1.165, 1.54) is 32.1 Å². The number of carbonyl (C=O) groups excluding carboxylic acids is 1. The first-order chi connectivity index (χ1) is 11.2. The summed E-state index contributed by atoms with van der Waals surface area (Å²) in [5.74, 6) is 0.500. The maximum Gasteiger partial charge on any atom is 0.221 e. The number of aromatic nitrogens is 1. The van der Waals surface area contributed by atoms with Gasteiger partial charge in [-0.15, -0.1) is 0 Å². The van der Waals surface area contributed by atoms with E-state index in [1.54, 1.807) is 6.20 Å². The zero-order valence-electron chi connectivity index (χ0n) is 14.6. The Bertz CT molecular complexity index is 453. The van der Waals surface area contributed by atoms with Gasteiger partial charge in [-0.25, -0.2) is 0 Å². The summed E-state index contributed by atoms with van der Waals surface area (Å²) in [5, 5.41) is 3.19. The minimum atomic E-state index is 0.0449. The molecule has 1 aromatic heterocycles. The van der Waals surface area contributed by atoms with Gasteiger partial charge < -0.3 is 10.2 Å². The van der Waals surface area contributed by atoms with Crippen LogP contribution < -0.4 is 5.32 Å². The van der Waals surface area contributed by atoms with Crippen LogP contribution in [0, 0.1) is 5.92 Å². The molecule has 1 fully saturated rings. The molecule has 0 aromatic carbocycles. The van der Waals surface area contributed by atoms with E-state index in [0.29, 0.717) is 12.3 Å². The summed E-state index contributed by atoms with van der Waals surface area (Å²) in [6, 6.07) is 4.01. The van der Waals surface area contributed by atoms with E-state index in [0.717, 1.165) is 25.2 Å². The molecule has 1 N–H and O–H groups in total. The van der Waals surface area contributed by atoms with Crippen LogP contribution in [0.5, 0.6) is 0 Å². The molecule has 1 aliphatic rings. The molecule has 0 saturated carbocycles. The molecule has 1 saturated heterocycles. The van der Waals surface area contributed by atoms with Gasteiger partial charge in [-0.2, -0.15) is 0 Å². The molecule has 23 heavy (non-hydrogen) atoms. The van der Waals surface area contributed by atoms with Crippen molar-refractivity contribution in [2.45, 2.75) is 58.4 Å².